The van der Waals surface area contributed by atoms with E-state index in [0.717, 1.165) is 7.11 Å². The standard InChI is InChI=1S/C3H8.CH4O.3BF4.K.H/c1-3-2;1-2;3*2-1(3,4)5;;/h3H2,1-2H3;2H,1H3;;;;;/q;;3*-1;+1;-1. The van der Waals surface area contributed by atoms with Crippen molar-refractivity contribution in [2.24, 2.45) is 0 Å². The van der Waals surface area contributed by atoms with E-state index in [1.54, 1.807) is 0 Å². The molecule has 0 aromatic heterocycles. The van der Waals surface area contributed by atoms with Crippen LogP contribution in [0.4, 0.5) is 51.8 Å². The van der Waals surface area contributed by atoms with Crippen molar-refractivity contribution in [3.63, 3.8) is 0 Å². The fourth-order valence-electron chi connectivity index (χ4n) is 0. The Balaban J connectivity index is -0.0000000258. The molecule has 0 spiro atoms. The smallest absolute Gasteiger partial charge is 1.00 e. The van der Waals surface area contributed by atoms with Gasteiger partial charge in [0.05, 0.1) is 0 Å². The van der Waals surface area contributed by atoms with Crippen LogP contribution < -0.4 is 51.4 Å². The van der Waals surface area contributed by atoms with Gasteiger partial charge in [-0.05, 0) is 0 Å². The molecule has 1 nitrogen and oxygen atoms in total. The van der Waals surface area contributed by atoms with Crippen LogP contribution in [0.25, 0.3) is 0 Å². The fourth-order valence-corrected chi connectivity index (χ4v) is 0. The van der Waals surface area contributed by atoms with Crippen LogP contribution in [0, 0.1) is 0 Å². The zero-order valence-corrected chi connectivity index (χ0v) is 14.5. The first-order chi connectivity index (χ1) is 8.41. The molecule has 0 saturated heterocycles. The number of aliphatic hydroxyl groups is 1. The SMILES string of the molecule is CCC.CO.F[B-](F)(F)F.F[B-](F)(F)F.F[B-](F)(F)F.[H-].[K+]. The summed E-state index contributed by atoms with van der Waals surface area (Å²) in [5.41, 5.74) is 0. The molecule has 0 heterocycles. The second-order valence-electron chi connectivity index (χ2n) is 2.19. The molecule has 0 bridgehead atoms. The molecular formula is C4H13B3F12KO-3. The normalized spacial score (nSPS) is 9.71. The minimum Gasteiger partial charge on any atom is -1.00 e. The van der Waals surface area contributed by atoms with Gasteiger partial charge in [-0.25, -0.2) is 0 Å². The van der Waals surface area contributed by atoms with E-state index in [1.807, 2.05) is 0 Å². The number of halogens is 12. The number of aliphatic hydroxyl groups excluding tert-OH is 1. The van der Waals surface area contributed by atoms with Crippen LogP contribution >= 0.6 is 0 Å². The molecule has 132 valence electrons. The predicted molar refractivity (Wildman–Crippen MR) is 55.8 cm³/mol. The molecular weight excluding hydrogens is 364 g/mol. The molecule has 0 saturated carbocycles. The summed E-state index contributed by atoms with van der Waals surface area (Å²) in [4.78, 5) is 0. The first-order valence-corrected chi connectivity index (χ1v) is 4.48. The van der Waals surface area contributed by atoms with Crippen LogP contribution in [0.3, 0.4) is 0 Å². The largest absolute Gasteiger partial charge is 1.00 e. The van der Waals surface area contributed by atoms with Gasteiger partial charge in [-0.1, -0.05) is 20.3 Å². The second kappa shape index (κ2) is 21.0. The Morgan fingerprint density at radius 2 is 0.571 bits per heavy atom. The minimum atomic E-state index is -6.00. The number of rotatable bonds is 0. The van der Waals surface area contributed by atoms with E-state index in [-0.39, 0.29) is 52.8 Å². The zero-order chi connectivity index (χ0) is 18.2. The van der Waals surface area contributed by atoms with Crippen molar-refractivity contribution in [2.75, 3.05) is 7.11 Å². The average Bonchev–Trinajstić information content (AvgIpc) is 1.97. The van der Waals surface area contributed by atoms with Crippen LogP contribution in [-0.2, 0) is 0 Å². The van der Waals surface area contributed by atoms with Gasteiger partial charge in [-0.2, -0.15) is 0 Å². The minimum absolute atomic E-state index is 0. The summed E-state index contributed by atoms with van der Waals surface area (Å²) in [5.74, 6) is 0. The maximum atomic E-state index is 9.75. The van der Waals surface area contributed by atoms with Crippen LogP contribution in [0.2, 0.25) is 0 Å². The molecule has 0 rings (SSSR count). The average molecular weight is 377 g/mol. The van der Waals surface area contributed by atoms with Gasteiger partial charge in [0.25, 0.3) is 0 Å². The molecule has 21 heavy (non-hydrogen) atoms. The van der Waals surface area contributed by atoms with Crippen LogP contribution in [0.15, 0.2) is 0 Å². The van der Waals surface area contributed by atoms with E-state index in [0.29, 0.717) is 0 Å². The molecule has 0 aliphatic rings. The Morgan fingerprint density at radius 1 is 0.571 bits per heavy atom. The summed E-state index contributed by atoms with van der Waals surface area (Å²) >= 11 is 0. The van der Waals surface area contributed by atoms with Crippen LogP contribution in [0.5, 0.6) is 0 Å². The third-order valence-electron chi connectivity index (χ3n) is 0. The van der Waals surface area contributed by atoms with E-state index < -0.39 is 21.8 Å². The summed E-state index contributed by atoms with van der Waals surface area (Å²) in [6.45, 7) is 4.25. The van der Waals surface area contributed by atoms with E-state index >= 15 is 0 Å². The maximum absolute atomic E-state index is 9.75. The molecule has 17 heteroatoms. The van der Waals surface area contributed by atoms with E-state index in [2.05, 4.69) is 13.8 Å². The Hall–Kier alpha value is 0.951. The van der Waals surface area contributed by atoms with Crippen molar-refractivity contribution in [3.05, 3.63) is 0 Å². The van der Waals surface area contributed by atoms with Crippen molar-refractivity contribution in [2.45, 2.75) is 20.3 Å². The topological polar surface area (TPSA) is 20.2 Å². The molecule has 0 aromatic rings. The van der Waals surface area contributed by atoms with Gasteiger partial charge < -0.3 is 58.3 Å². The van der Waals surface area contributed by atoms with Crippen molar-refractivity contribution >= 4 is 21.8 Å². The molecule has 0 amide bonds. The summed E-state index contributed by atoms with van der Waals surface area (Å²) in [7, 11) is -17.0. The first kappa shape index (κ1) is 37.9. The summed E-state index contributed by atoms with van der Waals surface area (Å²) in [6.07, 6.45) is 1.25. The molecule has 0 unspecified atom stereocenters. The monoisotopic (exact) mass is 377 g/mol. The predicted octanol–water partition coefficient (Wildman–Crippen LogP) is 2.04. The molecule has 0 fully saturated rings. The quantitative estimate of drug-likeness (QED) is 0.507. The molecule has 0 aliphatic carbocycles. The van der Waals surface area contributed by atoms with E-state index in [9.17, 15) is 51.8 Å². The summed E-state index contributed by atoms with van der Waals surface area (Å²) < 4.78 is 117. The summed E-state index contributed by atoms with van der Waals surface area (Å²) in [5, 5.41) is 7.00. The Morgan fingerprint density at radius 3 is 0.571 bits per heavy atom. The van der Waals surface area contributed by atoms with Gasteiger partial charge in [-0.15, -0.1) is 0 Å². The van der Waals surface area contributed by atoms with Gasteiger partial charge in [0, 0.05) is 7.11 Å². The first-order valence-electron chi connectivity index (χ1n) is 4.48. The fraction of sp³-hybridized carbons (Fsp3) is 1.00. The van der Waals surface area contributed by atoms with Gasteiger partial charge in [-0.3, -0.25) is 0 Å². The van der Waals surface area contributed by atoms with Gasteiger partial charge in [0.1, 0.15) is 0 Å². The Labute approximate surface area is 158 Å². The second-order valence-corrected chi connectivity index (χ2v) is 2.19. The van der Waals surface area contributed by atoms with Gasteiger partial charge in [0.2, 0.25) is 0 Å². The zero-order valence-electron chi connectivity index (χ0n) is 12.4. The van der Waals surface area contributed by atoms with E-state index in [4.69, 9.17) is 5.11 Å². The van der Waals surface area contributed by atoms with Crippen molar-refractivity contribution in [1.82, 2.24) is 0 Å². The van der Waals surface area contributed by atoms with Gasteiger partial charge in [0.15, 0.2) is 0 Å². The maximum Gasteiger partial charge on any atom is 1.00 e. The molecule has 0 aromatic carbocycles. The van der Waals surface area contributed by atoms with Gasteiger partial charge >= 0.3 is 73.1 Å². The number of hydrogen-bond acceptors (Lipinski definition) is 1. The van der Waals surface area contributed by atoms with Crippen LogP contribution in [0.1, 0.15) is 21.7 Å². The number of hydrogen-bond donors (Lipinski definition) is 1. The third kappa shape index (κ3) is 8320. The van der Waals surface area contributed by atoms with E-state index in [1.165, 1.54) is 6.42 Å². The summed E-state index contributed by atoms with van der Waals surface area (Å²) in [6, 6.07) is 0. The molecule has 0 atom stereocenters. The van der Waals surface area contributed by atoms with Crippen molar-refractivity contribution in [1.29, 1.82) is 0 Å². The molecule has 0 aliphatic heterocycles. The Kier molecular flexibility index (Phi) is 37.8. The van der Waals surface area contributed by atoms with Crippen molar-refractivity contribution in [3.8, 4) is 0 Å². The third-order valence-corrected chi connectivity index (χ3v) is 0. The molecule has 1 N–H and O–H groups in total. The molecule has 0 radical (unpaired) electrons. The Bertz CT molecular complexity index is 129. The van der Waals surface area contributed by atoms with Crippen LogP contribution in [-0.4, -0.2) is 34.0 Å². The van der Waals surface area contributed by atoms with Crippen molar-refractivity contribution < 1.29 is 110 Å².